The zero-order chi connectivity index (χ0) is 20.1. The molecule has 0 atom stereocenters. The predicted octanol–water partition coefficient (Wildman–Crippen LogP) is 2.37. The van der Waals surface area contributed by atoms with Crippen LogP contribution in [0.15, 0.2) is 54.6 Å². The molecule has 1 aromatic heterocycles. The lowest BCUT2D eigenvalue weighted by Gasteiger charge is -2.54. The Morgan fingerprint density at radius 1 is 1.07 bits per heavy atom. The van der Waals surface area contributed by atoms with Crippen LogP contribution in [-0.4, -0.2) is 58.3 Å². The molecule has 148 valence electrons. The maximum Gasteiger partial charge on any atom is 0.275 e. The number of para-hydroxylation sites is 1. The van der Waals surface area contributed by atoms with Crippen LogP contribution in [0.25, 0.3) is 10.9 Å². The normalized spacial score (nSPS) is 18.9. The highest BCUT2D eigenvalue weighted by Gasteiger charge is 2.66. The minimum Gasteiger partial charge on any atom is -0.376 e. The number of ether oxygens (including phenoxy) is 1. The van der Waals surface area contributed by atoms with Crippen LogP contribution in [0.5, 0.6) is 0 Å². The molecular formula is C22H22N4O3. The third kappa shape index (κ3) is 2.73. The van der Waals surface area contributed by atoms with Gasteiger partial charge in [0.05, 0.1) is 11.1 Å². The van der Waals surface area contributed by atoms with E-state index in [1.807, 2.05) is 42.5 Å². The average molecular weight is 390 g/mol. The molecule has 3 aromatic rings. The summed E-state index contributed by atoms with van der Waals surface area (Å²) in [5.41, 5.74) is 0.835. The van der Waals surface area contributed by atoms with Crippen molar-refractivity contribution in [3.05, 3.63) is 65.9 Å². The summed E-state index contributed by atoms with van der Waals surface area (Å²) in [5, 5.41) is 11.1. The van der Waals surface area contributed by atoms with E-state index in [9.17, 15) is 9.59 Å². The number of H-pyrrole nitrogens is 1. The van der Waals surface area contributed by atoms with Gasteiger partial charge in [-0.05, 0) is 31.0 Å². The minimum atomic E-state index is -0.587. The van der Waals surface area contributed by atoms with E-state index in [1.54, 1.807) is 24.1 Å². The van der Waals surface area contributed by atoms with E-state index in [0.29, 0.717) is 24.3 Å². The molecule has 2 amide bonds. The van der Waals surface area contributed by atoms with Crippen LogP contribution >= 0.6 is 0 Å². The number of carbonyl (C=O) groups excluding carboxylic acids is 2. The summed E-state index contributed by atoms with van der Waals surface area (Å²) in [7, 11) is 1.68. The van der Waals surface area contributed by atoms with E-state index in [4.69, 9.17) is 4.74 Å². The number of nitrogens with one attached hydrogen (secondary N) is 2. The van der Waals surface area contributed by atoms with Gasteiger partial charge in [0, 0.05) is 31.1 Å². The van der Waals surface area contributed by atoms with Crippen molar-refractivity contribution in [1.82, 2.24) is 20.4 Å². The number of rotatable bonds is 5. The molecule has 1 aliphatic heterocycles. The van der Waals surface area contributed by atoms with Crippen molar-refractivity contribution in [1.29, 1.82) is 0 Å². The average Bonchev–Trinajstić information content (AvgIpc) is 3.42. The monoisotopic (exact) mass is 390 g/mol. The summed E-state index contributed by atoms with van der Waals surface area (Å²) in [6.45, 7) is 0.804. The van der Waals surface area contributed by atoms with Crippen molar-refractivity contribution >= 4 is 22.7 Å². The summed E-state index contributed by atoms with van der Waals surface area (Å²) >= 11 is 0. The van der Waals surface area contributed by atoms with Gasteiger partial charge in [0.25, 0.3) is 11.8 Å². The zero-order valence-electron chi connectivity index (χ0n) is 16.1. The first-order valence-electron chi connectivity index (χ1n) is 9.73. The van der Waals surface area contributed by atoms with Crippen LogP contribution in [0.3, 0.4) is 0 Å². The highest BCUT2D eigenvalue weighted by molar-refractivity contribution is 6.05. The van der Waals surface area contributed by atoms with Gasteiger partial charge in [-0.25, -0.2) is 0 Å². The third-order valence-corrected chi connectivity index (χ3v) is 6.24. The molecule has 1 saturated heterocycles. The Labute approximate surface area is 168 Å². The van der Waals surface area contributed by atoms with Crippen LogP contribution in [0, 0.1) is 0 Å². The van der Waals surface area contributed by atoms with Crippen molar-refractivity contribution in [3.8, 4) is 0 Å². The number of fused-ring (bicyclic) bond motifs is 1. The number of likely N-dealkylation sites (tertiary alicyclic amines) is 1. The maximum absolute atomic E-state index is 13.1. The van der Waals surface area contributed by atoms with E-state index >= 15 is 0 Å². The summed E-state index contributed by atoms with van der Waals surface area (Å²) in [6, 6.07) is 16.7. The molecule has 7 heteroatoms. The standard InChI is InChI=1S/C22H22N4O3/c1-29-22(11-12-22)21(23-19(27)15-7-3-2-4-8-15)13-26(14-21)20(28)18-16-9-5-6-10-17(16)24-25-18/h2-10H,11-14H2,1H3,(H,23,27)(H,24,25). The Morgan fingerprint density at radius 3 is 2.45 bits per heavy atom. The van der Waals surface area contributed by atoms with E-state index in [0.717, 1.165) is 23.7 Å². The Morgan fingerprint density at radius 2 is 1.76 bits per heavy atom. The molecule has 7 nitrogen and oxygen atoms in total. The highest BCUT2D eigenvalue weighted by atomic mass is 16.5. The lowest BCUT2D eigenvalue weighted by molar-refractivity contribution is -0.0709. The second-order valence-electron chi connectivity index (χ2n) is 7.88. The molecule has 0 radical (unpaired) electrons. The van der Waals surface area contributed by atoms with Gasteiger partial charge >= 0.3 is 0 Å². The van der Waals surface area contributed by atoms with Crippen LogP contribution < -0.4 is 5.32 Å². The summed E-state index contributed by atoms with van der Waals surface area (Å²) in [5.74, 6) is -0.287. The van der Waals surface area contributed by atoms with Gasteiger partial charge in [-0.1, -0.05) is 36.4 Å². The fourth-order valence-corrected chi connectivity index (χ4v) is 4.38. The Hall–Kier alpha value is -3.19. The lowest BCUT2D eigenvalue weighted by Crippen LogP contribution is -2.77. The first-order valence-corrected chi connectivity index (χ1v) is 9.73. The smallest absolute Gasteiger partial charge is 0.275 e. The largest absolute Gasteiger partial charge is 0.376 e. The molecule has 1 aliphatic carbocycles. The van der Waals surface area contributed by atoms with Crippen molar-refractivity contribution in [2.24, 2.45) is 0 Å². The quantitative estimate of drug-likeness (QED) is 0.700. The number of aromatic nitrogens is 2. The van der Waals surface area contributed by atoms with Gasteiger partial charge in [0.2, 0.25) is 0 Å². The van der Waals surface area contributed by atoms with Gasteiger partial charge in [-0.3, -0.25) is 14.7 Å². The zero-order valence-corrected chi connectivity index (χ0v) is 16.1. The van der Waals surface area contributed by atoms with Gasteiger partial charge in [-0.15, -0.1) is 0 Å². The summed E-state index contributed by atoms with van der Waals surface area (Å²) in [4.78, 5) is 27.6. The number of nitrogens with zero attached hydrogens (tertiary/aromatic N) is 2. The van der Waals surface area contributed by atoms with Crippen LogP contribution in [0.1, 0.15) is 33.7 Å². The molecule has 2 fully saturated rings. The third-order valence-electron chi connectivity index (χ3n) is 6.24. The first-order chi connectivity index (χ1) is 14.1. The molecular weight excluding hydrogens is 368 g/mol. The van der Waals surface area contributed by atoms with Crippen LogP contribution in [0.2, 0.25) is 0 Å². The number of carbonyl (C=O) groups is 2. The van der Waals surface area contributed by atoms with Gasteiger partial charge in [0.15, 0.2) is 5.69 Å². The second kappa shape index (κ2) is 6.42. The lowest BCUT2D eigenvalue weighted by atomic mass is 9.80. The Bertz CT molecular complexity index is 1080. The van der Waals surface area contributed by atoms with Crippen LogP contribution in [-0.2, 0) is 4.74 Å². The molecule has 5 rings (SSSR count). The van der Waals surface area contributed by atoms with E-state index in [1.165, 1.54) is 0 Å². The minimum absolute atomic E-state index is 0.140. The molecule has 1 saturated carbocycles. The topological polar surface area (TPSA) is 87.3 Å². The molecule has 2 aromatic carbocycles. The summed E-state index contributed by atoms with van der Waals surface area (Å²) in [6.07, 6.45) is 1.73. The molecule has 0 spiro atoms. The number of benzene rings is 2. The van der Waals surface area contributed by atoms with E-state index in [2.05, 4.69) is 15.5 Å². The maximum atomic E-state index is 13.1. The number of aromatic amines is 1. The molecule has 0 bridgehead atoms. The number of hydrogen-bond acceptors (Lipinski definition) is 4. The molecule has 2 heterocycles. The van der Waals surface area contributed by atoms with Gasteiger partial charge in [0.1, 0.15) is 5.54 Å². The van der Waals surface area contributed by atoms with E-state index < -0.39 is 11.1 Å². The van der Waals surface area contributed by atoms with E-state index in [-0.39, 0.29) is 11.8 Å². The van der Waals surface area contributed by atoms with Crippen molar-refractivity contribution < 1.29 is 14.3 Å². The Balaban J connectivity index is 1.38. The van der Waals surface area contributed by atoms with Gasteiger partial charge < -0.3 is 15.0 Å². The fourth-order valence-electron chi connectivity index (χ4n) is 4.38. The summed E-state index contributed by atoms with van der Waals surface area (Å²) < 4.78 is 5.81. The number of methoxy groups -OCH3 is 1. The first kappa shape index (κ1) is 17.9. The fraction of sp³-hybridized carbons (Fsp3) is 0.318. The molecule has 2 N–H and O–H groups in total. The van der Waals surface area contributed by atoms with Crippen molar-refractivity contribution in [2.45, 2.75) is 24.0 Å². The Kier molecular flexibility index (Phi) is 3.96. The number of amides is 2. The van der Waals surface area contributed by atoms with Crippen LogP contribution in [0.4, 0.5) is 0 Å². The van der Waals surface area contributed by atoms with Gasteiger partial charge in [-0.2, -0.15) is 5.10 Å². The SMILES string of the molecule is COC1(C2(NC(=O)c3ccccc3)CN(C(=O)c3n[nH]c4ccccc34)C2)CC1. The second-order valence-corrected chi connectivity index (χ2v) is 7.88. The number of hydrogen-bond donors (Lipinski definition) is 2. The molecule has 29 heavy (non-hydrogen) atoms. The molecule has 2 aliphatic rings. The van der Waals surface area contributed by atoms with Crippen molar-refractivity contribution in [2.75, 3.05) is 20.2 Å². The predicted molar refractivity (Wildman–Crippen MR) is 108 cm³/mol. The van der Waals surface area contributed by atoms with Crippen molar-refractivity contribution in [3.63, 3.8) is 0 Å². The molecule has 0 unspecified atom stereocenters. The highest BCUT2D eigenvalue weighted by Crippen LogP contribution is 2.52.